The van der Waals surface area contributed by atoms with Crippen LogP contribution in [0, 0.1) is 19.8 Å². The zero-order valence-corrected chi connectivity index (χ0v) is 20.0. The molecular weight excluding hydrogens is 481 g/mol. The molecule has 7 nitrogen and oxygen atoms in total. The van der Waals surface area contributed by atoms with Crippen molar-refractivity contribution in [1.82, 2.24) is 15.1 Å². The van der Waals surface area contributed by atoms with Crippen molar-refractivity contribution in [3.63, 3.8) is 0 Å². The highest BCUT2D eigenvalue weighted by Gasteiger charge is 2.12. The number of guanidine groups is 1. The summed E-state index contributed by atoms with van der Waals surface area (Å²) < 4.78 is 13.5. The number of hydrogen-bond acceptors (Lipinski definition) is 4. The first kappa shape index (κ1) is 23.3. The minimum atomic E-state index is 0. The highest BCUT2D eigenvalue weighted by molar-refractivity contribution is 14.0. The fourth-order valence-electron chi connectivity index (χ4n) is 3.14. The fraction of sp³-hybridized carbons (Fsp3) is 0.524. The van der Waals surface area contributed by atoms with Crippen molar-refractivity contribution in [2.24, 2.45) is 10.9 Å². The van der Waals surface area contributed by atoms with E-state index in [9.17, 15) is 0 Å². The number of hydrogen-bond donors (Lipinski definition) is 2. The maximum absolute atomic E-state index is 5.77. The summed E-state index contributed by atoms with van der Waals surface area (Å²) in [5.41, 5.74) is 3.17. The van der Waals surface area contributed by atoms with Crippen molar-refractivity contribution >= 4 is 35.6 Å². The molecule has 0 amide bonds. The van der Waals surface area contributed by atoms with Crippen molar-refractivity contribution in [3.8, 4) is 11.5 Å². The lowest BCUT2D eigenvalue weighted by Gasteiger charge is -2.15. The van der Waals surface area contributed by atoms with Gasteiger partial charge in [0.1, 0.15) is 0 Å². The number of rotatable bonds is 6. The number of fused-ring (bicyclic) bond motifs is 1. The first-order valence-electron chi connectivity index (χ1n) is 10.0. The molecule has 1 aliphatic rings. The van der Waals surface area contributed by atoms with Crippen LogP contribution in [0.25, 0.3) is 0 Å². The largest absolute Gasteiger partial charge is 0.490 e. The molecule has 0 saturated carbocycles. The van der Waals surface area contributed by atoms with Gasteiger partial charge in [0.2, 0.25) is 0 Å². The summed E-state index contributed by atoms with van der Waals surface area (Å²) >= 11 is 0. The number of benzene rings is 1. The summed E-state index contributed by atoms with van der Waals surface area (Å²) in [6.45, 7) is 12.1. The smallest absolute Gasteiger partial charge is 0.195 e. The minimum absolute atomic E-state index is 0. The summed E-state index contributed by atoms with van der Waals surface area (Å²) in [6.07, 6.45) is 0.897. The maximum Gasteiger partial charge on any atom is 0.195 e. The van der Waals surface area contributed by atoms with Gasteiger partial charge in [-0.15, -0.1) is 24.0 Å². The van der Waals surface area contributed by atoms with Gasteiger partial charge >= 0.3 is 0 Å². The molecule has 2 N–H and O–H groups in total. The van der Waals surface area contributed by atoms with Crippen LogP contribution in [-0.2, 0) is 6.54 Å². The van der Waals surface area contributed by atoms with Crippen LogP contribution < -0.4 is 20.1 Å². The van der Waals surface area contributed by atoms with E-state index in [1.807, 2.05) is 25.1 Å². The van der Waals surface area contributed by atoms with Gasteiger partial charge in [0, 0.05) is 43.5 Å². The molecule has 1 aliphatic heterocycles. The molecule has 2 aromatic rings. The van der Waals surface area contributed by atoms with Crippen LogP contribution in [0.5, 0.6) is 11.5 Å². The fourth-order valence-corrected chi connectivity index (χ4v) is 3.14. The van der Waals surface area contributed by atoms with E-state index in [2.05, 4.69) is 47.3 Å². The lowest BCUT2D eigenvalue weighted by atomic mass is 10.2. The number of aromatic nitrogens is 2. The molecule has 8 heteroatoms. The molecular formula is C21H32IN5O2. The predicted octanol–water partition coefficient (Wildman–Crippen LogP) is 3.99. The Morgan fingerprint density at radius 2 is 1.97 bits per heavy atom. The van der Waals surface area contributed by atoms with Crippen molar-refractivity contribution in [2.75, 3.05) is 31.6 Å². The van der Waals surface area contributed by atoms with Gasteiger partial charge < -0.3 is 20.1 Å². The standard InChI is InChI=1S/C21H31N5O2.HI/c1-5-22-21(23-13-15(2)14-26-17(4)11-16(3)25-26)24-18-7-8-19-20(12-18)28-10-6-9-27-19;/h7-8,11-12,15H,5-6,9-10,13-14H2,1-4H3,(H2,22,23,24);1H. The SMILES string of the molecule is CCNC(=NCC(C)Cn1nc(C)cc1C)Nc1ccc2c(c1)OCCCO2.I. The molecule has 0 bridgehead atoms. The summed E-state index contributed by atoms with van der Waals surface area (Å²) in [5.74, 6) is 2.70. The van der Waals surface area contributed by atoms with Crippen molar-refractivity contribution in [3.05, 3.63) is 35.7 Å². The maximum atomic E-state index is 5.77. The summed E-state index contributed by atoms with van der Waals surface area (Å²) in [5, 5.41) is 11.2. The molecule has 0 aliphatic carbocycles. The number of nitrogens with zero attached hydrogens (tertiary/aromatic N) is 3. The van der Waals surface area contributed by atoms with Crippen molar-refractivity contribution in [2.45, 2.75) is 40.7 Å². The zero-order chi connectivity index (χ0) is 19.9. The van der Waals surface area contributed by atoms with Gasteiger partial charge in [-0.3, -0.25) is 9.67 Å². The van der Waals surface area contributed by atoms with Crippen molar-refractivity contribution in [1.29, 1.82) is 0 Å². The lowest BCUT2D eigenvalue weighted by Crippen LogP contribution is -2.31. The third-order valence-corrected chi connectivity index (χ3v) is 4.50. The molecule has 29 heavy (non-hydrogen) atoms. The van der Waals surface area contributed by atoms with Crippen LogP contribution in [-0.4, -0.2) is 42.0 Å². The Bertz CT molecular complexity index is 821. The summed E-state index contributed by atoms with van der Waals surface area (Å²) in [7, 11) is 0. The Morgan fingerprint density at radius 1 is 1.21 bits per heavy atom. The molecule has 0 saturated heterocycles. The molecule has 1 unspecified atom stereocenters. The van der Waals surface area contributed by atoms with E-state index < -0.39 is 0 Å². The first-order valence-corrected chi connectivity index (χ1v) is 10.0. The number of aliphatic imine (C=N–C) groups is 1. The average Bonchev–Trinajstić information content (AvgIpc) is 2.85. The van der Waals surface area contributed by atoms with Gasteiger partial charge in [0.15, 0.2) is 17.5 Å². The number of nitrogens with one attached hydrogen (secondary N) is 2. The van der Waals surface area contributed by atoms with Gasteiger partial charge in [-0.2, -0.15) is 5.10 Å². The Hall–Kier alpha value is -1.97. The van der Waals surface area contributed by atoms with E-state index in [0.717, 1.165) is 48.4 Å². The van der Waals surface area contributed by atoms with Crippen LogP contribution in [0.2, 0.25) is 0 Å². The number of anilines is 1. The van der Waals surface area contributed by atoms with E-state index in [-0.39, 0.29) is 24.0 Å². The molecule has 160 valence electrons. The van der Waals surface area contributed by atoms with E-state index in [1.54, 1.807) is 0 Å². The second-order valence-corrected chi connectivity index (χ2v) is 7.27. The van der Waals surface area contributed by atoms with Crippen molar-refractivity contribution < 1.29 is 9.47 Å². The van der Waals surface area contributed by atoms with Crippen LogP contribution in [0.3, 0.4) is 0 Å². The molecule has 1 aromatic carbocycles. The van der Waals surface area contributed by atoms with Crippen LogP contribution in [0.1, 0.15) is 31.7 Å². The van der Waals surface area contributed by atoms with E-state index in [4.69, 9.17) is 14.5 Å². The molecule has 1 atom stereocenters. The van der Waals surface area contributed by atoms with Crippen LogP contribution >= 0.6 is 24.0 Å². The highest BCUT2D eigenvalue weighted by Crippen LogP contribution is 2.32. The Balaban J connectivity index is 0.00000300. The third kappa shape index (κ3) is 6.80. The third-order valence-electron chi connectivity index (χ3n) is 4.50. The predicted molar refractivity (Wildman–Crippen MR) is 128 cm³/mol. The summed E-state index contributed by atoms with van der Waals surface area (Å²) in [6, 6.07) is 8.00. The second-order valence-electron chi connectivity index (χ2n) is 7.27. The van der Waals surface area contributed by atoms with E-state index in [1.165, 1.54) is 5.69 Å². The number of halogens is 1. The monoisotopic (exact) mass is 513 g/mol. The van der Waals surface area contributed by atoms with Gasteiger partial charge in [-0.1, -0.05) is 6.92 Å². The molecule has 1 aromatic heterocycles. The van der Waals surface area contributed by atoms with Crippen LogP contribution in [0.15, 0.2) is 29.3 Å². The lowest BCUT2D eigenvalue weighted by molar-refractivity contribution is 0.297. The topological polar surface area (TPSA) is 72.7 Å². The normalized spacial score (nSPS) is 14.6. The Labute approximate surface area is 190 Å². The molecule has 2 heterocycles. The molecule has 3 rings (SSSR count). The Kier molecular flexibility index (Phi) is 9.06. The van der Waals surface area contributed by atoms with Gasteiger partial charge in [0.25, 0.3) is 0 Å². The minimum Gasteiger partial charge on any atom is -0.490 e. The average molecular weight is 513 g/mol. The number of ether oxygens (including phenoxy) is 2. The summed E-state index contributed by atoms with van der Waals surface area (Å²) in [4.78, 5) is 4.75. The van der Waals surface area contributed by atoms with Gasteiger partial charge in [-0.05, 0) is 44.9 Å². The van der Waals surface area contributed by atoms with E-state index in [0.29, 0.717) is 25.7 Å². The molecule has 0 radical (unpaired) electrons. The Morgan fingerprint density at radius 3 is 2.66 bits per heavy atom. The van der Waals surface area contributed by atoms with Crippen LogP contribution in [0.4, 0.5) is 5.69 Å². The second kappa shape index (κ2) is 11.3. The van der Waals surface area contributed by atoms with Gasteiger partial charge in [0.05, 0.1) is 18.9 Å². The molecule has 0 fully saturated rings. The highest BCUT2D eigenvalue weighted by atomic mass is 127. The van der Waals surface area contributed by atoms with E-state index >= 15 is 0 Å². The zero-order valence-electron chi connectivity index (χ0n) is 17.7. The van der Waals surface area contributed by atoms with Gasteiger partial charge in [-0.25, -0.2) is 0 Å². The quantitative estimate of drug-likeness (QED) is 0.347. The first-order chi connectivity index (χ1) is 13.5. The number of aryl methyl sites for hydroxylation is 2. The molecule has 0 spiro atoms.